The molecule has 3 rings (SSSR count). The highest BCUT2D eigenvalue weighted by Crippen LogP contribution is 2.27. The summed E-state index contributed by atoms with van der Waals surface area (Å²) in [5, 5.41) is 12.5. The van der Waals surface area contributed by atoms with Gasteiger partial charge in [0.05, 0.1) is 5.25 Å². The molecule has 0 bridgehead atoms. The van der Waals surface area contributed by atoms with E-state index in [1.54, 1.807) is 12.4 Å². The van der Waals surface area contributed by atoms with Crippen LogP contribution in [0.3, 0.4) is 0 Å². The average molecular weight is 374 g/mol. The first-order chi connectivity index (χ1) is 12.7. The predicted molar refractivity (Wildman–Crippen MR) is 104 cm³/mol. The molecule has 140 valence electrons. The second-order valence-corrected chi connectivity index (χ2v) is 8.05. The third-order valence-electron chi connectivity index (χ3n) is 4.82. The second-order valence-electron chi connectivity index (χ2n) is 6.74. The highest BCUT2D eigenvalue weighted by molar-refractivity contribution is 8.00. The lowest BCUT2D eigenvalue weighted by Crippen LogP contribution is -2.39. The van der Waals surface area contributed by atoms with E-state index in [0.29, 0.717) is 6.04 Å². The number of amides is 1. The molecule has 1 aliphatic carbocycles. The molecule has 0 unspecified atom stereocenters. The monoisotopic (exact) mass is 373 g/mol. The van der Waals surface area contributed by atoms with Crippen LogP contribution in [0.4, 0.5) is 0 Å². The minimum atomic E-state index is -0.196. The number of nitrogens with one attached hydrogen (secondary N) is 1. The predicted octanol–water partition coefficient (Wildman–Crippen LogP) is 3.68. The molecule has 7 heteroatoms. The van der Waals surface area contributed by atoms with Crippen molar-refractivity contribution in [1.29, 1.82) is 0 Å². The minimum Gasteiger partial charge on any atom is -0.352 e. The van der Waals surface area contributed by atoms with Gasteiger partial charge >= 0.3 is 0 Å². The number of nitrogens with zero attached hydrogens (tertiary/aromatic N) is 4. The largest absolute Gasteiger partial charge is 0.352 e. The molecule has 6 nitrogen and oxygen atoms in total. The van der Waals surface area contributed by atoms with Crippen LogP contribution in [0.1, 0.15) is 52.4 Å². The van der Waals surface area contributed by atoms with Crippen LogP contribution in [0.15, 0.2) is 29.7 Å². The van der Waals surface area contributed by atoms with Crippen molar-refractivity contribution >= 4 is 17.7 Å². The van der Waals surface area contributed by atoms with Gasteiger partial charge in [0.25, 0.3) is 0 Å². The van der Waals surface area contributed by atoms with Crippen molar-refractivity contribution in [2.24, 2.45) is 0 Å². The highest BCUT2D eigenvalue weighted by atomic mass is 32.2. The Labute approximate surface area is 159 Å². The Bertz CT molecular complexity index is 710. The highest BCUT2D eigenvalue weighted by Gasteiger charge is 2.22. The maximum atomic E-state index is 12.6. The number of carbonyl (C=O) groups is 1. The number of carbonyl (C=O) groups excluding carboxylic acids is 1. The van der Waals surface area contributed by atoms with Gasteiger partial charge in [-0.2, -0.15) is 0 Å². The quantitative estimate of drug-likeness (QED) is 0.618. The van der Waals surface area contributed by atoms with E-state index in [2.05, 4.69) is 32.0 Å². The van der Waals surface area contributed by atoms with E-state index in [0.717, 1.165) is 35.9 Å². The van der Waals surface area contributed by atoms with Crippen molar-refractivity contribution in [3.8, 4) is 11.4 Å². The van der Waals surface area contributed by atoms with E-state index in [1.807, 2.05) is 19.1 Å². The summed E-state index contributed by atoms with van der Waals surface area (Å²) in [6.07, 6.45) is 10.7. The smallest absolute Gasteiger partial charge is 0.233 e. The van der Waals surface area contributed by atoms with Crippen LogP contribution in [0, 0.1) is 0 Å². The summed E-state index contributed by atoms with van der Waals surface area (Å²) in [4.78, 5) is 16.7. The fourth-order valence-electron chi connectivity index (χ4n) is 3.33. The van der Waals surface area contributed by atoms with Crippen molar-refractivity contribution < 1.29 is 4.79 Å². The minimum absolute atomic E-state index is 0.0954. The van der Waals surface area contributed by atoms with Gasteiger partial charge in [-0.3, -0.25) is 9.78 Å². The summed E-state index contributed by atoms with van der Waals surface area (Å²) in [5.74, 6) is 0.909. The molecule has 0 saturated heterocycles. The van der Waals surface area contributed by atoms with E-state index < -0.39 is 0 Å². The standard InChI is InChI=1S/C19H27N5OS/c1-3-24-17(15-10-12-20-13-11-15)22-23-19(24)26-14(2)18(25)21-16-8-6-4-5-7-9-16/h10-14,16H,3-9H2,1-2H3,(H,21,25)/t14-/m0/s1. The van der Waals surface area contributed by atoms with Gasteiger partial charge in [-0.1, -0.05) is 37.4 Å². The SMILES string of the molecule is CCn1c(S[C@@H](C)C(=O)NC2CCCCCC2)nnc1-c1ccncc1. The van der Waals surface area contributed by atoms with Gasteiger partial charge in [0.1, 0.15) is 0 Å². The van der Waals surface area contributed by atoms with Gasteiger partial charge < -0.3 is 9.88 Å². The molecule has 1 N–H and O–H groups in total. The summed E-state index contributed by atoms with van der Waals surface area (Å²) >= 11 is 1.47. The summed E-state index contributed by atoms with van der Waals surface area (Å²) in [6, 6.07) is 4.17. The molecular formula is C19H27N5OS. The van der Waals surface area contributed by atoms with E-state index in [-0.39, 0.29) is 11.2 Å². The van der Waals surface area contributed by atoms with Gasteiger partial charge in [-0.25, -0.2) is 0 Å². The van der Waals surface area contributed by atoms with Crippen molar-refractivity contribution in [1.82, 2.24) is 25.1 Å². The Morgan fingerprint density at radius 2 is 1.92 bits per heavy atom. The summed E-state index contributed by atoms with van der Waals surface area (Å²) < 4.78 is 2.05. The normalized spacial score (nSPS) is 16.8. The van der Waals surface area contributed by atoms with Gasteiger partial charge in [-0.15, -0.1) is 10.2 Å². The summed E-state index contributed by atoms with van der Waals surface area (Å²) in [6.45, 7) is 4.76. The van der Waals surface area contributed by atoms with Crippen LogP contribution < -0.4 is 5.32 Å². The number of hydrogen-bond donors (Lipinski definition) is 1. The maximum absolute atomic E-state index is 12.6. The zero-order valence-electron chi connectivity index (χ0n) is 15.5. The molecule has 1 saturated carbocycles. The van der Waals surface area contributed by atoms with Crippen LogP contribution in [0.2, 0.25) is 0 Å². The Morgan fingerprint density at radius 1 is 1.23 bits per heavy atom. The molecule has 1 fully saturated rings. The van der Waals surface area contributed by atoms with E-state index >= 15 is 0 Å². The van der Waals surface area contributed by atoms with Gasteiger partial charge in [0.2, 0.25) is 5.91 Å². The Hall–Kier alpha value is -1.89. The number of thioether (sulfide) groups is 1. The van der Waals surface area contributed by atoms with Crippen LogP contribution in [-0.2, 0) is 11.3 Å². The van der Waals surface area contributed by atoms with Crippen molar-refractivity contribution in [3.63, 3.8) is 0 Å². The number of pyridine rings is 1. The fourth-order valence-corrected chi connectivity index (χ4v) is 4.25. The lowest BCUT2D eigenvalue weighted by atomic mass is 10.1. The molecule has 0 radical (unpaired) electrons. The molecule has 2 aromatic rings. The Balaban J connectivity index is 1.66. The lowest BCUT2D eigenvalue weighted by molar-refractivity contribution is -0.121. The van der Waals surface area contributed by atoms with Gasteiger partial charge in [-0.05, 0) is 38.8 Å². The first kappa shape index (κ1) is 18.9. The van der Waals surface area contributed by atoms with Crippen LogP contribution >= 0.6 is 11.8 Å². The molecule has 0 spiro atoms. The molecule has 1 amide bonds. The molecule has 0 aliphatic heterocycles. The third-order valence-corrected chi connectivity index (χ3v) is 5.91. The van der Waals surface area contributed by atoms with E-state index in [4.69, 9.17) is 0 Å². The van der Waals surface area contributed by atoms with Crippen molar-refractivity contribution in [2.75, 3.05) is 0 Å². The summed E-state index contributed by atoms with van der Waals surface area (Å²) in [5.41, 5.74) is 0.983. The number of hydrogen-bond acceptors (Lipinski definition) is 5. The second kappa shape index (κ2) is 9.16. The molecule has 26 heavy (non-hydrogen) atoms. The molecular weight excluding hydrogens is 346 g/mol. The van der Waals surface area contributed by atoms with Crippen molar-refractivity contribution in [3.05, 3.63) is 24.5 Å². The Kier molecular flexibility index (Phi) is 6.66. The summed E-state index contributed by atoms with van der Waals surface area (Å²) in [7, 11) is 0. The van der Waals surface area contributed by atoms with Gasteiger partial charge in [0.15, 0.2) is 11.0 Å². The van der Waals surface area contributed by atoms with E-state index in [1.165, 1.54) is 37.4 Å². The zero-order valence-corrected chi connectivity index (χ0v) is 16.3. The van der Waals surface area contributed by atoms with Crippen LogP contribution in [0.25, 0.3) is 11.4 Å². The van der Waals surface area contributed by atoms with Gasteiger partial charge in [0, 0.05) is 30.5 Å². The number of aromatic nitrogens is 4. The topological polar surface area (TPSA) is 72.7 Å². The van der Waals surface area contributed by atoms with E-state index in [9.17, 15) is 4.79 Å². The number of rotatable bonds is 6. The first-order valence-electron chi connectivity index (χ1n) is 9.49. The third kappa shape index (κ3) is 4.63. The molecule has 1 aliphatic rings. The molecule has 1 atom stereocenters. The maximum Gasteiger partial charge on any atom is 0.233 e. The zero-order chi connectivity index (χ0) is 18.4. The first-order valence-corrected chi connectivity index (χ1v) is 10.4. The average Bonchev–Trinajstić information content (AvgIpc) is 2.88. The van der Waals surface area contributed by atoms with Crippen molar-refractivity contribution in [2.45, 2.75) is 75.4 Å². The molecule has 0 aromatic carbocycles. The fraction of sp³-hybridized carbons (Fsp3) is 0.579. The lowest BCUT2D eigenvalue weighted by Gasteiger charge is -2.19. The molecule has 2 aromatic heterocycles. The van der Waals surface area contributed by atoms with Crippen LogP contribution in [0.5, 0.6) is 0 Å². The molecule has 2 heterocycles. The Morgan fingerprint density at radius 3 is 2.58 bits per heavy atom. The van der Waals surface area contributed by atoms with Crippen LogP contribution in [-0.4, -0.2) is 36.9 Å².